The van der Waals surface area contributed by atoms with Gasteiger partial charge in [-0.2, -0.15) is 0 Å². The maximum absolute atomic E-state index is 11.6. The minimum absolute atomic E-state index is 0.0495. The molecule has 0 heterocycles. The van der Waals surface area contributed by atoms with Crippen LogP contribution in [0.15, 0.2) is 35.2 Å². The average molecular weight is 215 g/mol. The van der Waals surface area contributed by atoms with E-state index < -0.39 is 15.9 Å². The van der Waals surface area contributed by atoms with Gasteiger partial charge < -0.3 is 10.8 Å². The standard InChI is InChI=1S/C9H13NO3S/c10-6-8(11)7-14(12,13)9-4-2-1-3-5-9/h1-5,8,11H,6-7,10H2. The summed E-state index contributed by atoms with van der Waals surface area (Å²) in [6.07, 6.45) is -1.000. The Morgan fingerprint density at radius 1 is 1.29 bits per heavy atom. The van der Waals surface area contributed by atoms with Crippen LogP contribution >= 0.6 is 0 Å². The normalized spacial score (nSPS) is 13.9. The molecule has 14 heavy (non-hydrogen) atoms. The molecule has 0 bridgehead atoms. The molecular weight excluding hydrogens is 202 g/mol. The Morgan fingerprint density at radius 2 is 1.86 bits per heavy atom. The molecule has 1 unspecified atom stereocenters. The van der Waals surface area contributed by atoms with Gasteiger partial charge in [0.05, 0.1) is 16.8 Å². The SMILES string of the molecule is NCC(O)CS(=O)(=O)c1ccccc1. The number of aliphatic hydroxyl groups excluding tert-OH is 1. The zero-order valence-corrected chi connectivity index (χ0v) is 8.44. The van der Waals surface area contributed by atoms with Crippen LogP contribution in [0.3, 0.4) is 0 Å². The fourth-order valence-corrected chi connectivity index (χ4v) is 2.45. The first kappa shape index (κ1) is 11.2. The van der Waals surface area contributed by atoms with E-state index in [0.717, 1.165) is 0 Å². The fourth-order valence-electron chi connectivity index (χ4n) is 1.05. The summed E-state index contributed by atoms with van der Waals surface area (Å²) < 4.78 is 23.2. The second-order valence-electron chi connectivity index (χ2n) is 2.98. The van der Waals surface area contributed by atoms with Crippen LogP contribution in [0, 0.1) is 0 Å². The highest BCUT2D eigenvalue weighted by atomic mass is 32.2. The van der Waals surface area contributed by atoms with E-state index in [-0.39, 0.29) is 17.2 Å². The topological polar surface area (TPSA) is 80.4 Å². The molecule has 0 amide bonds. The molecule has 1 aromatic carbocycles. The molecule has 3 N–H and O–H groups in total. The molecule has 5 heteroatoms. The molecule has 78 valence electrons. The van der Waals surface area contributed by atoms with E-state index in [1.54, 1.807) is 18.2 Å². The highest BCUT2D eigenvalue weighted by molar-refractivity contribution is 7.91. The van der Waals surface area contributed by atoms with E-state index in [1.807, 2.05) is 0 Å². The first-order chi connectivity index (χ1) is 6.56. The van der Waals surface area contributed by atoms with Crippen molar-refractivity contribution < 1.29 is 13.5 Å². The van der Waals surface area contributed by atoms with Crippen molar-refractivity contribution in [3.63, 3.8) is 0 Å². The Hall–Kier alpha value is -0.910. The van der Waals surface area contributed by atoms with E-state index in [4.69, 9.17) is 10.8 Å². The van der Waals surface area contributed by atoms with E-state index >= 15 is 0 Å². The summed E-state index contributed by atoms with van der Waals surface area (Å²) >= 11 is 0. The predicted octanol–water partition coefficient (Wildman–Crippen LogP) is -0.220. The van der Waals surface area contributed by atoms with E-state index in [9.17, 15) is 8.42 Å². The molecule has 0 saturated carbocycles. The molecule has 1 aromatic rings. The second kappa shape index (κ2) is 4.54. The lowest BCUT2D eigenvalue weighted by atomic mass is 10.4. The number of hydrogen-bond donors (Lipinski definition) is 2. The minimum atomic E-state index is -3.40. The number of rotatable bonds is 4. The summed E-state index contributed by atoms with van der Waals surface area (Å²) in [5, 5.41) is 9.15. The van der Waals surface area contributed by atoms with Crippen LogP contribution in [0.5, 0.6) is 0 Å². The zero-order valence-electron chi connectivity index (χ0n) is 7.63. The summed E-state index contributed by atoms with van der Waals surface area (Å²) in [5.41, 5.74) is 5.14. The number of hydrogen-bond acceptors (Lipinski definition) is 4. The Labute approximate surface area is 83.3 Å². The number of sulfone groups is 1. The van der Waals surface area contributed by atoms with Crippen molar-refractivity contribution in [2.24, 2.45) is 5.73 Å². The lowest BCUT2D eigenvalue weighted by Gasteiger charge is -2.08. The number of aliphatic hydroxyl groups is 1. The Morgan fingerprint density at radius 3 is 2.36 bits per heavy atom. The molecule has 0 saturated heterocycles. The van der Waals surface area contributed by atoms with E-state index in [1.165, 1.54) is 12.1 Å². The van der Waals surface area contributed by atoms with Crippen LogP contribution in [0.1, 0.15) is 0 Å². The highest BCUT2D eigenvalue weighted by Crippen LogP contribution is 2.10. The van der Waals surface area contributed by atoms with Gasteiger partial charge in [-0.1, -0.05) is 18.2 Å². The van der Waals surface area contributed by atoms with Crippen molar-refractivity contribution in [3.8, 4) is 0 Å². The van der Waals surface area contributed by atoms with Crippen LogP contribution in [0.25, 0.3) is 0 Å². The van der Waals surface area contributed by atoms with Crippen molar-refractivity contribution in [1.29, 1.82) is 0 Å². The molecule has 0 aliphatic heterocycles. The Bertz CT molecular complexity index is 374. The molecule has 1 rings (SSSR count). The molecule has 0 aliphatic rings. The third-order valence-corrected chi connectivity index (χ3v) is 3.60. The van der Waals surface area contributed by atoms with Crippen LogP contribution in [0.2, 0.25) is 0 Å². The fraction of sp³-hybridized carbons (Fsp3) is 0.333. The Kier molecular flexibility index (Phi) is 3.62. The second-order valence-corrected chi connectivity index (χ2v) is 5.02. The maximum atomic E-state index is 11.6. The van der Waals surface area contributed by atoms with Gasteiger partial charge >= 0.3 is 0 Å². The average Bonchev–Trinajstić information content (AvgIpc) is 2.18. The van der Waals surface area contributed by atoms with Gasteiger partial charge in [-0.05, 0) is 12.1 Å². The smallest absolute Gasteiger partial charge is 0.180 e. The van der Waals surface area contributed by atoms with Crippen LogP contribution in [0.4, 0.5) is 0 Å². The highest BCUT2D eigenvalue weighted by Gasteiger charge is 2.17. The van der Waals surface area contributed by atoms with E-state index in [2.05, 4.69) is 0 Å². The van der Waals surface area contributed by atoms with Crippen molar-refractivity contribution >= 4 is 9.84 Å². The van der Waals surface area contributed by atoms with Gasteiger partial charge in [-0.15, -0.1) is 0 Å². The molecule has 0 fully saturated rings. The van der Waals surface area contributed by atoms with Crippen molar-refractivity contribution in [3.05, 3.63) is 30.3 Å². The summed E-state index contributed by atoms with van der Waals surface area (Å²) in [4.78, 5) is 0.215. The van der Waals surface area contributed by atoms with Crippen molar-refractivity contribution in [2.45, 2.75) is 11.0 Å². The lowest BCUT2D eigenvalue weighted by Crippen LogP contribution is -2.28. The molecule has 0 spiro atoms. The van der Waals surface area contributed by atoms with Gasteiger partial charge in [-0.25, -0.2) is 8.42 Å². The van der Waals surface area contributed by atoms with Gasteiger partial charge in [0.2, 0.25) is 0 Å². The summed E-state index contributed by atoms with van der Waals surface area (Å²) in [7, 11) is -3.40. The lowest BCUT2D eigenvalue weighted by molar-refractivity contribution is 0.205. The van der Waals surface area contributed by atoms with E-state index in [0.29, 0.717) is 0 Å². The van der Waals surface area contributed by atoms with Gasteiger partial charge in [0, 0.05) is 6.54 Å². The largest absolute Gasteiger partial charge is 0.391 e. The third-order valence-electron chi connectivity index (χ3n) is 1.79. The van der Waals surface area contributed by atoms with Crippen LogP contribution in [-0.4, -0.2) is 31.9 Å². The maximum Gasteiger partial charge on any atom is 0.180 e. The van der Waals surface area contributed by atoms with Gasteiger partial charge in [0.1, 0.15) is 0 Å². The monoisotopic (exact) mass is 215 g/mol. The molecule has 4 nitrogen and oxygen atoms in total. The predicted molar refractivity (Wildman–Crippen MR) is 53.6 cm³/mol. The van der Waals surface area contributed by atoms with Crippen molar-refractivity contribution in [1.82, 2.24) is 0 Å². The van der Waals surface area contributed by atoms with Crippen LogP contribution < -0.4 is 5.73 Å². The zero-order chi connectivity index (χ0) is 10.6. The molecular formula is C9H13NO3S. The first-order valence-corrected chi connectivity index (χ1v) is 5.87. The number of nitrogens with two attached hydrogens (primary N) is 1. The first-order valence-electron chi connectivity index (χ1n) is 4.22. The van der Waals surface area contributed by atoms with Crippen LogP contribution in [-0.2, 0) is 9.84 Å². The van der Waals surface area contributed by atoms with Gasteiger partial charge in [0.25, 0.3) is 0 Å². The van der Waals surface area contributed by atoms with Gasteiger partial charge in [-0.3, -0.25) is 0 Å². The molecule has 0 aromatic heterocycles. The third kappa shape index (κ3) is 2.80. The quantitative estimate of drug-likeness (QED) is 0.727. The number of benzene rings is 1. The molecule has 1 atom stereocenters. The van der Waals surface area contributed by atoms with Gasteiger partial charge in [0.15, 0.2) is 9.84 Å². The summed E-state index contributed by atoms with van der Waals surface area (Å²) in [6, 6.07) is 8.01. The summed E-state index contributed by atoms with van der Waals surface area (Å²) in [5.74, 6) is -0.326. The molecule has 0 radical (unpaired) electrons. The molecule has 0 aliphatic carbocycles. The van der Waals surface area contributed by atoms with Crippen molar-refractivity contribution in [2.75, 3.05) is 12.3 Å². The summed E-state index contributed by atoms with van der Waals surface area (Å²) in [6.45, 7) is -0.0495. The Balaban J connectivity index is 2.87. The minimum Gasteiger partial charge on any atom is -0.391 e.